The summed E-state index contributed by atoms with van der Waals surface area (Å²) in [6.07, 6.45) is 0.212. The summed E-state index contributed by atoms with van der Waals surface area (Å²) in [7, 11) is -1.07. The van der Waals surface area contributed by atoms with Crippen LogP contribution >= 0.6 is 0 Å². The minimum absolute atomic E-state index is 0.104. The Morgan fingerprint density at radius 3 is 2.43 bits per heavy atom. The lowest BCUT2D eigenvalue weighted by atomic mass is 10.1. The highest BCUT2D eigenvalue weighted by atomic mass is 32.2. The van der Waals surface area contributed by atoms with Crippen molar-refractivity contribution in [3.05, 3.63) is 71.0 Å². The average molecular weight is 304 g/mol. The first-order valence-corrected chi connectivity index (χ1v) is 8.23. The minimum Gasteiger partial charge on any atom is -0.294 e. The van der Waals surface area contributed by atoms with Gasteiger partial charge in [0.25, 0.3) is 0 Å². The van der Waals surface area contributed by atoms with Gasteiger partial charge in [-0.05, 0) is 42.3 Å². The molecule has 0 saturated heterocycles. The summed E-state index contributed by atoms with van der Waals surface area (Å²) >= 11 is 0. The number of halogens is 1. The van der Waals surface area contributed by atoms with Gasteiger partial charge in [0.05, 0.1) is 0 Å². The molecule has 0 N–H and O–H groups in total. The van der Waals surface area contributed by atoms with Crippen molar-refractivity contribution in [1.82, 2.24) is 0 Å². The van der Waals surface area contributed by atoms with Crippen molar-refractivity contribution >= 4 is 16.6 Å². The van der Waals surface area contributed by atoms with Crippen LogP contribution in [0.4, 0.5) is 4.39 Å². The monoisotopic (exact) mass is 304 g/mol. The lowest BCUT2D eigenvalue weighted by Gasteiger charge is -2.05. The number of hydrogen-bond acceptors (Lipinski definition) is 2. The average Bonchev–Trinajstić information content (AvgIpc) is 2.48. The van der Waals surface area contributed by atoms with Gasteiger partial charge in [-0.3, -0.25) is 9.00 Å². The third-order valence-corrected chi connectivity index (χ3v) is 4.59. The van der Waals surface area contributed by atoms with Crippen molar-refractivity contribution in [2.24, 2.45) is 0 Å². The van der Waals surface area contributed by atoms with Crippen LogP contribution in [0.25, 0.3) is 0 Å². The molecule has 0 saturated carbocycles. The molecule has 110 valence electrons. The van der Waals surface area contributed by atoms with Gasteiger partial charge in [-0.1, -0.05) is 24.3 Å². The van der Waals surface area contributed by atoms with E-state index in [4.69, 9.17) is 0 Å². The van der Waals surface area contributed by atoms with Gasteiger partial charge < -0.3 is 0 Å². The second kappa shape index (κ2) is 7.27. The fourth-order valence-corrected chi connectivity index (χ4v) is 3.23. The van der Waals surface area contributed by atoms with Crippen molar-refractivity contribution in [1.29, 1.82) is 0 Å². The van der Waals surface area contributed by atoms with Crippen molar-refractivity contribution in [3.63, 3.8) is 0 Å². The molecule has 2 aromatic carbocycles. The second-order valence-corrected chi connectivity index (χ2v) is 6.47. The number of benzene rings is 2. The van der Waals surface area contributed by atoms with E-state index in [1.807, 2.05) is 31.2 Å². The number of ketones is 1. The zero-order chi connectivity index (χ0) is 15.2. The summed E-state index contributed by atoms with van der Waals surface area (Å²) in [5.74, 6) is 0.316. The summed E-state index contributed by atoms with van der Waals surface area (Å²) in [5, 5.41) is 0. The van der Waals surface area contributed by atoms with E-state index in [9.17, 15) is 13.4 Å². The van der Waals surface area contributed by atoms with Gasteiger partial charge in [-0.2, -0.15) is 0 Å². The van der Waals surface area contributed by atoms with E-state index in [2.05, 4.69) is 0 Å². The van der Waals surface area contributed by atoms with Gasteiger partial charge >= 0.3 is 0 Å². The Bertz CT molecular complexity index is 650. The van der Waals surface area contributed by atoms with Gasteiger partial charge in [0, 0.05) is 34.3 Å². The predicted octanol–water partition coefficient (Wildman–Crippen LogP) is 3.66. The number of aryl methyl sites for hydroxylation is 1. The Balaban J connectivity index is 1.88. The van der Waals surface area contributed by atoms with Crippen LogP contribution in [-0.4, -0.2) is 15.7 Å². The SMILES string of the molecule is Cc1ccccc1CS(=O)CCC(=O)c1ccc(F)cc1. The van der Waals surface area contributed by atoms with Gasteiger partial charge in [-0.15, -0.1) is 0 Å². The summed E-state index contributed by atoms with van der Waals surface area (Å²) in [6.45, 7) is 1.98. The smallest absolute Gasteiger partial charge is 0.163 e. The van der Waals surface area contributed by atoms with Crippen molar-refractivity contribution in [3.8, 4) is 0 Å². The van der Waals surface area contributed by atoms with Gasteiger partial charge in [0.1, 0.15) is 5.82 Å². The molecule has 0 aromatic heterocycles. The number of Topliss-reactive ketones (excluding diaryl/α,β-unsaturated/α-hetero) is 1. The van der Waals surface area contributed by atoms with E-state index in [0.29, 0.717) is 17.1 Å². The fourth-order valence-electron chi connectivity index (χ4n) is 2.00. The molecule has 0 radical (unpaired) electrons. The normalized spacial score (nSPS) is 12.1. The highest BCUT2D eigenvalue weighted by Gasteiger charge is 2.10. The highest BCUT2D eigenvalue weighted by molar-refractivity contribution is 7.84. The quantitative estimate of drug-likeness (QED) is 0.763. The number of rotatable bonds is 6. The van der Waals surface area contributed by atoms with Crippen molar-refractivity contribution < 1.29 is 13.4 Å². The molecule has 2 nitrogen and oxygen atoms in total. The Morgan fingerprint density at radius 2 is 1.76 bits per heavy atom. The van der Waals surface area contributed by atoms with Crippen LogP contribution in [0.5, 0.6) is 0 Å². The lowest BCUT2D eigenvalue weighted by molar-refractivity contribution is 0.0989. The van der Waals surface area contributed by atoms with Crippen molar-refractivity contribution in [2.45, 2.75) is 19.1 Å². The van der Waals surface area contributed by atoms with Gasteiger partial charge in [-0.25, -0.2) is 4.39 Å². The third-order valence-electron chi connectivity index (χ3n) is 3.30. The second-order valence-electron chi connectivity index (χ2n) is 4.89. The molecule has 2 aromatic rings. The van der Waals surface area contributed by atoms with Crippen LogP contribution in [0, 0.1) is 12.7 Å². The zero-order valence-corrected chi connectivity index (χ0v) is 12.7. The molecular formula is C17H17FO2S. The fraction of sp³-hybridized carbons (Fsp3) is 0.235. The first-order chi connectivity index (χ1) is 10.1. The Kier molecular flexibility index (Phi) is 5.39. The molecule has 0 amide bonds. The maximum Gasteiger partial charge on any atom is 0.163 e. The van der Waals surface area contributed by atoms with E-state index >= 15 is 0 Å². The van der Waals surface area contributed by atoms with Crippen LogP contribution in [0.3, 0.4) is 0 Å². The van der Waals surface area contributed by atoms with E-state index in [-0.39, 0.29) is 18.0 Å². The third kappa shape index (κ3) is 4.60. The van der Waals surface area contributed by atoms with Gasteiger partial charge in [0.15, 0.2) is 5.78 Å². The molecule has 1 unspecified atom stereocenters. The maximum atomic E-state index is 12.8. The molecule has 21 heavy (non-hydrogen) atoms. The molecule has 0 aliphatic carbocycles. The van der Waals surface area contributed by atoms with Crippen LogP contribution < -0.4 is 0 Å². The lowest BCUT2D eigenvalue weighted by Crippen LogP contribution is -2.08. The topological polar surface area (TPSA) is 34.1 Å². The Morgan fingerprint density at radius 1 is 1.10 bits per heavy atom. The summed E-state index contributed by atoms with van der Waals surface area (Å²) < 4.78 is 24.8. The maximum absolute atomic E-state index is 12.8. The van der Waals surface area contributed by atoms with Crippen LogP contribution in [0.2, 0.25) is 0 Å². The zero-order valence-electron chi connectivity index (χ0n) is 11.8. The number of carbonyl (C=O) groups excluding carboxylic acids is 1. The van der Waals surface area contributed by atoms with Crippen LogP contribution in [0.15, 0.2) is 48.5 Å². The van der Waals surface area contributed by atoms with E-state index in [0.717, 1.165) is 11.1 Å². The molecule has 0 aliphatic rings. The molecule has 0 spiro atoms. The van der Waals surface area contributed by atoms with E-state index in [1.165, 1.54) is 24.3 Å². The molecule has 0 bridgehead atoms. The van der Waals surface area contributed by atoms with E-state index in [1.54, 1.807) is 0 Å². The Hall–Kier alpha value is -1.81. The number of hydrogen-bond donors (Lipinski definition) is 0. The summed E-state index contributed by atoms with van der Waals surface area (Å²) in [5.41, 5.74) is 2.62. The van der Waals surface area contributed by atoms with Crippen molar-refractivity contribution in [2.75, 3.05) is 5.75 Å². The van der Waals surface area contributed by atoms with E-state index < -0.39 is 10.8 Å². The van der Waals surface area contributed by atoms with Crippen LogP contribution in [0.1, 0.15) is 27.9 Å². The highest BCUT2D eigenvalue weighted by Crippen LogP contribution is 2.11. The predicted molar refractivity (Wildman–Crippen MR) is 83.2 cm³/mol. The molecular weight excluding hydrogens is 287 g/mol. The first-order valence-electron chi connectivity index (χ1n) is 6.74. The number of carbonyl (C=O) groups is 1. The molecule has 0 fully saturated rings. The van der Waals surface area contributed by atoms with Gasteiger partial charge in [0.2, 0.25) is 0 Å². The summed E-state index contributed by atoms with van der Waals surface area (Å²) in [4.78, 5) is 11.9. The largest absolute Gasteiger partial charge is 0.294 e. The molecule has 1 atom stereocenters. The van der Waals surface area contributed by atoms with Crippen LogP contribution in [-0.2, 0) is 16.6 Å². The first kappa shape index (κ1) is 15.6. The minimum atomic E-state index is -1.07. The molecule has 0 heterocycles. The summed E-state index contributed by atoms with van der Waals surface area (Å²) in [6, 6.07) is 13.2. The molecule has 2 rings (SSSR count). The molecule has 4 heteroatoms. The Labute approximate surface area is 126 Å². The molecule has 0 aliphatic heterocycles. The standard InChI is InChI=1S/C17H17FO2S/c1-13-4-2-3-5-15(13)12-21(20)11-10-17(19)14-6-8-16(18)9-7-14/h2-9H,10-12H2,1H3.